The number of nitrogens with zero attached hydrogens (tertiary/aromatic N) is 1. The van der Waals surface area contributed by atoms with Crippen LogP contribution in [0.5, 0.6) is 0 Å². The van der Waals surface area contributed by atoms with Gasteiger partial charge in [-0.3, -0.25) is 4.98 Å². The zero-order chi connectivity index (χ0) is 12.0. The quantitative estimate of drug-likeness (QED) is 0.792. The summed E-state index contributed by atoms with van der Waals surface area (Å²) in [5, 5.41) is 13.2. The highest BCUT2D eigenvalue weighted by molar-refractivity contribution is 7.98. The van der Waals surface area contributed by atoms with Crippen molar-refractivity contribution in [1.29, 1.82) is 0 Å². The molecule has 0 aliphatic rings. The van der Waals surface area contributed by atoms with Gasteiger partial charge in [0.1, 0.15) is 0 Å². The van der Waals surface area contributed by atoms with Crippen molar-refractivity contribution in [2.24, 2.45) is 0 Å². The second-order valence-corrected chi connectivity index (χ2v) is 5.15. The second kappa shape index (κ2) is 6.23. The van der Waals surface area contributed by atoms with Crippen LogP contribution in [0.15, 0.2) is 18.3 Å². The third-order valence-electron chi connectivity index (χ3n) is 2.39. The molecule has 0 bridgehead atoms. The van der Waals surface area contributed by atoms with Crippen molar-refractivity contribution in [3.63, 3.8) is 0 Å². The maximum Gasteiger partial charge on any atom is 0.0833 e. The number of thioether (sulfide) groups is 1. The minimum Gasteiger partial charge on any atom is -0.388 e. The van der Waals surface area contributed by atoms with Crippen LogP contribution in [-0.4, -0.2) is 34.2 Å². The van der Waals surface area contributed by atoms with Gasteiger partial charge in [-0.1, -0.05) is 6.07 Å². The minimum absolute atomic E-state index is 0.599. The summed E-state index contributed by atoms with van der Waals surface area (Å²) in [6.07, 6.45) is 3.79. The first-order chi connectivity index (χ1) is 7.55. The summed E-state index contributed by atoms with van der Waals surface area (Å²) in [6.45, 7) is 5.20. The van der Waals surface area contributed by atoms with Gasteiger partial charge in [0.15, 0.2) is 0 Å². The smallest absolute Gasteiger partial charge is 0.0833 e. The number of rotatable bonds is 6. The molecule has 0 aliphatic carbocycles. The average molecular weight is 240 g/mol. The van der Waals surface area contributed by atoms with E-state index in [-0.39, 0.29) is 0 Å². The van der Waals surface area contributed by atoms with Gasteiger partial charge in [-0.15, -0.1) is 0 Å². The number of aliphatic hydroxyl groups is 1. The number of hydrogen-bond acceptors (Lipinski definition) is 4. The molecule has 1 heterocycles. The van der Waals surface area contributed by atoms with Crippen LogP contribution in [0, 0.1) is 6.92 Å². The van der Waals surface area contributed by atoms with E-state index in [4.69, 9.17) is 0 Å². The molecule has 90 valence electrons. The fourth-order valence-electron chi connectivity index (χ4n) is 1.53. The van der Waals surface area contributed by atoms with E-state index in [1.165, 1.54) is 5.56 Å². The molecule has 1 aromatic rings. The highest BCUT2D eigenvalue weighted by atomic mass is 32.2. The molecule has 3 nitrogen and oxygen atoms in total. The Morgan fingerprint density at radius 2 is 2.31 bits per heavy atom. The first-order valence-electron chi connectivity index (χ1n) is 5.38. The molecule has 2 N–H and O–H groups in total. The Morgan fingerprint density at radius 3 is 2.94 bits per heavy atom. The zero-order valence-corrected chi connectivity index (χ0v) is 11.0. The zero-order valence-electron chi connectivity index (χ0n) is 10.2. The molecule has 0 radical (unpaired) electrons. The normalized spacial score (nSPS) is 14.8. The third-order valence-corrected chi connectivity index (χ3v) is 3.30. The van der Waals surface area contributed by atoms with Gasteiger partial charge in [0.25, 0.3) is 0 Å². The van der Waals surface area contributed by atoms with Crippen LogP contribution in [0.2, 0.25) is 0 Å². The molecule has 16 heavy (non-hydrogen) atoms. The minimum atomic E-state index is -0.643. The number of pyridine rings is 1. The summed E-state index contributed by atoms with van der Waals surface area (Å²) < 4.78 is 0. The maximum atomic E-state index is 9.96. The van der Waals surface area contributed by atoms with Gasteiger partial charge in [0.2, 0.25) is 0 Å². The van der Waals surface area contributed by atoms with Crippen LogP contribution >= 0.6 is 11.8 Å². The van der Waals surface area contributed by atoms with Crippen molar-refractivity contribution in [3.05, 3.63) is 29.6 Å². The van der Waals surface area contributed by atoms with Gasteiger partial charge < -0.3 is 10.4 Å². The summed E-state index contributed by atoms with van der Waals surface area (Å²) in [5.41, 5.74) is 1.58. The molecule has 1 rings (SSSR count). The van der Waals surface area contributed by atoms with E-state index in [2.05, 4.69) is 16.4 Å². The van der Waals surface area contributed by atoms with Crippen LogP contribution in [0.25, 0.3) is 0 Å². The largest absolute Gasteiger partial charge is 0.388 e. The Kier molecular flexibility index (Phi) is 5.25. The van der Waals surface area contributed by atoms with Crippen molar-refractivity contribution < 1.29 is 5.11 Å². The Hall–Kier alpha value is -0.580. The summed E-state index contributed by atoms with van der Waals surface area (Å²) in [7, 11) is 0. The van der Waals surface area contributed by atoms with Crippen molar-refractivity contribution in [3.8, 4) is 0 Å². The number of hydrogen-bond donors (Lipinski definition) is 2. The molecule has 1 atom stereocenters. The second-order valence-electron chi connectivity index (χ2n) is 4.28. The van der Waals surface area contributed by atoms with Crippen molar-refractivity contribution in [2.75, 3.05) is 18.6 Å². The number of aryl methyl sites for hydroxylation is 1. The van der Waals surface area contributed by atoms with Crippen LogP contribution in [0.3, 0.4) is 0 Å². The topological polar surface area (TPSA) is 45.1 Å². The molecular formula is C12H20N2OS. The van der Waals surface area contributed by atoms with Crippen LogP contribution in [-0.2, 0) is 6.54 Å². The predicted molar refractivity (Wildman–Crippen MR) is 69.7 cm³/mol. The SMILES string of the molecule is CSCC(C)(O)CNCc1cccnc1C. The molecule has 0 aliphatic heterocycles. The molecule has 0 saturated carbocycles. The highest BCUT2D eigenvalue weighted by Gasteiger charge is 2.18. The molecule has 0 spiro atoms. The van der Waals surface area contributed by atoms with Gasteiger partial charge >= 0.3 is 0 Å². The Morgan fingerprint density at radius 1 is 1.56 bits per heavy atom. The first-order valence-corrected chi connectivity index (χ1v) is 6.77. The standard InChI is InChI=1S/C12H20N2OS/c1-10-11(5-4-6-14-10)7-13-8-12(2,15)9-16-3/h4-6,13,15H,7-9H2,1-3H3. The molecule has 0 fully saturated rings. The lowest BCUT2D eigenvalue weighted by atomic mass is 10.1. The lowest BCUT2D eigenvalue weighted by Gasteiger charge is -2.22. The third kappa shape index (κ3) is 4.51. The molecule has 1 aromatic heterocycles. The van der Waals surface area contributed by atoms with Gasteiger partial charge in [0.05, 0.1) is 5.60 Å². The van der Waals surface area contributed by atoms with Crippen LogP contribution in [0.1, 0.15) is 18.2 Å². The molecule has 0 amide bonds. The average Bonchev–Trinajstić information content (AvgIpc) is 2.20. The predicted octanol–water partition coefficient (Wildman–Crippen LogP) is 1.59. The van der Waals surface area contributed by atoms with Crippen molar-refractivity contribution in [2.45, 2.75) is 26.0 Å². The fourth-order valence-corrected chi connectivity index (χ4v) is 2.26. The molecule has 0 aromatic carbocycles. The van der Waals surface area contributed by atoms with Crippen LogP contribution in [0.4, 0.5) is 0 Å². The lowest BCUT2D eigenvalue weighted by molar-refractivity contribution is 0.0845. The molecular weight excluding hydrogens is 220 g/mol. The summed E-state index contributed by atoms with van der Waals surface area (Å²) in [5.74, 6) is 0.742. The highest BCUT2D eigenvalue weighted by Crippen LogP contribution is 2.10. The molecule has 1 unspecified atom stereocenters. The number of nitrogens with one attached hydrogen (secondary N) is 1. The van der Waals surface area contributed by atoms with E-state index in [0.29, 0.717) is 6.54 Å². The van der Waals surface area contributed by atoms with E-state index in [0.717, 1.165) is 18.0 Å². The lowest BCUT2D eigenvalue weighted by Crippen LogP contribution is -2.39. The number of aromatic nitrogens is 1. The van der Waals surface area contributed by atoms with E-state index >= 15 is 0 Å². The summed E-state index contributed by atoms with van der Waals surface area (Å²) in [6, 6.07) is 3.99. The van der Waals surface area contributed by atoms with E-state index < -0.39 is 5.60 Å². The van der Waals surface area contributed by atoms with Gasteiger partial charge in [-0.05, 0) is 31.7 Å². The molecule has 4 heteroatoms. The maximum absolute atomic E-state index is 9.96. The van der Waals surface area contributed by atoms with Gasteiger partial charge in [0, 0.05) is 30.7 Å². The van der Waals surface area contributed by atoms with E-state index in [1.54, 1.807) is 18.0 Å². The van der Waals surface area contributed by atoms with E-state index in [9.17, 15) is 5.11 Å². The summed E-state index contributed by atoms with van der Waals surface area (Å²) >= 11 is 1.66. The van der Waals surface area contributed by atoms with Crippen molar-refractivity contribution in [1.82, 2.24) is 10.3 Å². The van der Waals surface area contributed by atoms with Crippen LogP contribution < -0.4 is 5.32 Å². The Labute approximate surface area is 102 Å². The Balaban J connectivity index is 2.39. The Bertz CT molecular complexity index is 329. The first kappa shape index (κ1) is 13.5. The van der Waals surface area contributed by atoms with Crippen molar-refractivity contribution >= 4 is 11.8 Å². The summed E-state index contributed by atoms with van der Waals surface area (Å²) in [4.78, 5) is 4.22. The van der Waals surface area contributed by atoms with Gasteiger partial charge in [-0.2, -0.15) is 11.8 Å². The molecule has 0 saturated heterocycles. The van der Waals surface area contributed by atoms with E-state index in [1.807, 2.05) is 26.2 Å². The monoisotopic (exact) mass is 240 g/mol. The fraction of sp³-hybridized carbons (Fsp3) is 0.583. The van der Waals surface area contributed by atoms with Gasteiger partial charge in [-0.25, -0.2) is 0 Å².